The third-order valence-electron chi connectivity index (χ3n) is 3.17. The summed E-state index contributed by atoms with van der Waals surface area (Å²) in [5.41, 5.74) is 1.31. The van der Waals surface area contributed by atoms with E-state index in [-0.39, 0.29) is 0 Å². The van der Waals surface area contributed by atoms with Crippen molar-refractivity contribution < 1.29 is 0 Å². The molecule has 5 heteroatoms. The van der Waals surface area contributed by atoms with Crippen molar-refractivity contribution in [3.63, 3.8) is 0 Å². The fraction of sp³-hybridized carbons (Fsp3) is 0.500. The van der Waals surface area contributed by atoms with E-state index in [1.165, 1.54) is 49.2 Å². The van der Waals surface area contributed by atoms with Crippen LogP contribution in [-0.2, 0) is 5.75 Å². The van der Waals surface area contributed by atoms with Crippen LogP contribution in [0.4, 0.5) is 5.13 Å². The molecule has 0 saturated carbocycles. The highest BCUT2D eigenvalue weighted by Gasteiger charge is 2.04. The summed E-state index contributed by atoms with van der Waals surface area (Å²) in [6.07, 6.45) is 6.50. The van der Waals surface area contributed by atoms with Gasteiger partial charge in [0.05, 0.1) is 0 Å². The van der Waals surface area contributed by atoms with E-state index in [0.717, 1.165) is 22.6 Å². The van der Waals surface area contributed by atoms with Crippen molar-refractivity contribution >= 4 is 28.4 Å². The molecule has 0 fully saturated rings. The molecule has 0 aliphatic carbocycles. The Labute approximate surface area is 135 Å². The van der Waals surface area contributed by atoms with Gasteiger partial charge in [0, 0.05) is 23.8 Å². The number of rotatable bonds is 10. The highest BCUT2D eigenvalue weighted by Crippen LogP contribution is 2.23. The summed E-state index contributed by atoms with van der Waals surface area (Å²) in [6, 6.07) is 10.4. The predicted octanol–water partition coefficient (Wildman–Crippen LogP) is 5.21. The van der Waals surface area contributed by atoms with Crippen LogP contribution in [0.2, 0.25) is 0 Å². The van der Waals surface area contributed by atoms with Gasteiger partial charge in [-0.3, -0.25) is 0 Å². The van der Waals surface area contributed by atoms with Crippen LogP contribution in [0.15, 0.2) is 35.5 Å². The van der Waals surface area contributed by atoms with Gasteiger partial charge in [0.2, 0.25) is 10.3 Å². The first-order valence-electron chi connectivity index (χ1n) is 7.63. The van der Waals surface area contributed by atoms with E-state index in [1.54, 1.807) is 11.8 Å². The number of hydrogen-bond donors (Lipinski definition) is 1. The van der Waals surface area contributed by atoms with E-state index in [4.69, 9.17) is 0 Å². The molecule has 114 valence electrons. The smallest absolute Gasteiger partial charge is 0.203 e. The number of nitrogens with one attached hydrogen (secondary N) is 1. The lowest BCUT2D eigenvalue weighted by Crippen LogP contribution is -2.00. The maximum Gasteiger partial charge on any atom is 0.203 e. The van der Waals surface area contributed by atoms with Crippen molar-refractivity contribution in [1.82, 2.24) is 9.36 Å². The quantitative estimate of drug-likeness (QED) is 0.481. The van der Waals surface area contributed by atoms with Crippen LogP contribution in [-0.4, -0.2) is 15.9 Å². The number of hydrogen-bond acceptors (Lipinski definition) is 5. The number of aromatic nitrogens is 2. The third kappa shape index (κ3) is 6.48. The van der Waals surface area contributed by atoms with E-state index < -0.39 is 0 Å². The van der Waals surface area contributed by atoms with E-state index in [2.05, 4.69) is 45.9 Å². The van der Waals surface area contributed by atoms with Crippen molar-refractivity contribution in [3.05, 3.63) is 35.9 Å². The maximum absolute atomic E-state index is 4.52. The topological polar surface area (TPSA) is 37.8 Å². The summed E-state index contributed by atoms with van der Waals surface area (Å²) < 4.78 is 4.39. The summed E-state index contributed by atoms with van der Waals surface area (Å²) in [5.74, 6) is 0.925. The molecular formula is C16H23N3S2. The van der Waals surface area contributed by atoms with E-state index in [0.29, 0.717) is 0 Å². The Hall–Kier alpha value is -1.07. The minimum absolute atomic E-state index is 0.873. The molecule has 0 saturated heterocycles. The van der Waals surface area contributed by atoms with Gasteiger partial charge < -0.3 is 5.32 Å². The summed E-state index contributed by atoms with van der Waals surface area (Å²) in [6.45, 7) is 3.25. The molecule has 1 aromatic heterocycles. The monoisotopic (exact) mass is 321 g/mol. The Bertz CT molecular complexity index is 499. The minimum Gasteiger partial charge on any atom is -0.360 e. The summed E-state index contributed by atoms with van der Waals surface area (Å²) in [4.78, 5) is 4.52. The second kappa shape index (κ2) is 9.79. The van der Waals surface area contributed by atoms with Crippen molar-refractivity contribution in [2.24, 2.45) is 0 Å². The minimum atomic E-state index is 0.873. The van der Waals surface area contributed by atoms with Gasteiger partial charge in [-0.15, -0.1) is 0 Å². The highest BCUT2D eigenvalue weighted by molar-refractivity contribution is 7.98. The normalized spacial score (nSPS) is 10.7. The molecule has 0 bridgehead atoms. The highest BCUT2D eigenvalue weighted by atomic mass is 32.2. The SMILES string of the molecule is CCCCCCCNc1nc(SCc2ccccc2)ns1. The van der Waals surface area contributed by atoms with Crippen LogP contribution in [0, 0.1) is 0 Å². The number of thioether (sulfide) groups is 1. The molecule has 2 aromatic rings. The average Bonchev–Trinajstić information content (AvgIpc) is 2.98. The number of nitrogens with zero attached hydrogens (tertiary/aromatic N) is 2. The zero-order valence-electron chi connectivity index (χ0n) is 12.5. The van der Waals surface area contributed by atoms with Crippen LogP contribution in [0.3, 0.4) is 0 Å². The van der Waals surface area contributed by atoms with Crippen LogP contribution in [0.25, 0.3) is 0 Å². The average molecular weight is 322 g/mol. The van der Waals surface area contributed by atoms with Crippen molar-refractivity contribution in [2.45, 2.75) is 49.9 Å². The molecule has 1 heterocycles. The third-order valence-corrected chi connectivity index (χ3v) is 4.88. The molecule has 3 nitrogen and oxygen atoms in total. The molecular weight excluding hydrogens is 298 g/mol. The van der Waals surface area contributed by atoms with E-state index in [1.807, 2.05) is 6.07 Å². The molecule has 0 unspecified atom stereocenters. The second-order valence-electron chi connectivity index (χ2n) is 5.00. The summed E-state index contributed by atoms with van der Waals surface area (Å²) >= 11 is 3.15. The first-order chi connectivity index (χ1) is 10.4. The van der Waals surface area contributed by atoms with Gasteiger partial charge in [0.15, 0.2) is 0 Å². The standard InChI is InChI=1S/C16H23N3S2/c1-2-3-4-5-9-12-17-15-18-16(19-21-15)20-13-14-10-7-6-8-11-14/h6-8,10-11H,2-5,9,12-13H2,1H3,(H,17,18,19). The molecule has 21 heavy (non-hydrogen) atoms. The zero-order chi connectivity index (χ0) is 14.8. The largest absolute Gasteiger partial charge is 0.360 e. The van der Waals surface area contributed by atoms with Gasteiger partial charge in [0.1, 0.15) is 0 Å². The van der Waals surface area contributed by atoms with Gasteiger partial charge in [0.25, 0.3) is 0 Å². The van der Waals surface area contributed by atoms with Crippen LogP contribution >= 0.6 is 23.3 Å². The predicted molar refractivity (Wildman–Crippen MR) is 93.2 cm³/mol. The number of benzene rings is 1. The Balaban J connectivity index is 1.64. The van der Waals surface area contributed by atoms with E-state index >= 15 is 0 Å². The molecule has 0 aliphatic heterocycles. The maximum atomic E-state index is 4.52. The first kappa shape index (κ1) is 16.3. The lowest BCUT2D eigenvalue weighted by Gasteiger charge is -2.01. The molecule has 0 amide bonds. The molecule has 2 rings (SSSR count). The van der Waals surface area contributed by atoms with Gasteiger partial charge in [-0.2, -0.15) is 9.36 Å². The van der Waals surface area contributed by atoms with Crippen molar-refractivity contribution in [3.8, 4) is 0 Å². The number of unbranched alkanes of at least 4 members (excludes halogenated alkanes) is 4. The lowest BCUT2D eigenvalue weighted by molar-refractivity contribution is 0.645. The lowest BCUT2D eigenvalue weighted by atomic mass is 10.1. The van der Waals surface area contributed by atoms with Crippen LogP contribution in [0.1, 0.15) is 44.6 Å². The molecule has 0 aliphatic rings. The second-order valence-corrected chi connectivity index (χ2v) is 6.69. The zero-order valence-corrected chi connectivity index (χ0v) is 14.2. The fourth-order valence-electron chi connectivity index (χ4n) is 1.99. The number of anilines is 1. The van der Waals surface area contributed by atoms with Gasteiger partial charge in [-0.1, -0.05) is 74.7 Å². The fourth-order valence-corrected chi connectivity index (χ4v) is 3.51. The molecule has 0 atom stereocenters. The van der Waals surface area contributed by atoms with Gasteiger partial charge >= 0.3 is 0 Å². The molecule has 0 radical (unpaired) electrons. The molecule has 0 spiro atoms. The Morgan fingerprint density at radius 3 is 2.71 bits per heavy atom. The first-order valence-corrected chi connectivity index (χ1v) is 9.38. The Kier molecular flexibility index (Phi) is 7.60. The van der Waals surface area contributed by atoms with Crippen molar-refractivity contribution in [2.75, 3.05) is 11.9 Å². The Morgan fingerprint density at radius 1 is 1.10 bits per heavy atom. The molecule has 1 N–H and O–H groups in total. The Morgan fingerprint density at radius 2 is 1.90 bits per heavy atom. The van der Waals surface area contributed by atoms with E-state index in [9.17, 15) is 0 Å². The van der Waals surface area contributed by atoms with Gasteiger partial charge in [-0.05, 0) is 12.0 Å². The van der Waals surface area contributed by atoms with Crippen LogP contribution in [0.5, 0.6) is 0 Å². The summed E-state index contributed by atoms with van der Waals surface area (Å²) in [7, 11) is 0. The van der Waals surface area contributed by atoms with Crippen LogP contribution < -0.4 is 5.32 Å². The van der Waals surface area contributed by atoms with Gasteiger partial charge in [-0.25, -0.2) is 0 Å². The molecule has 1 aromatic carbocycles. The summed E-state index contributed by atoms with van der Waals surface area (Å²) in [5, 5.41) is 5.19. The van der Waals surface area contributed by atoms with Crippen molar-refractivity contribution in [1.29, 1.82) is 0 Å².